The van der Waals surface area contributed by atoms with E-state index in [1.807, 2.05) is 0 Å². The Morgan fingerprint density at radius 3 is 0.882 bits per heavy atom. The van der Waals surface area contributed by atoms with E-state index in [0.717, 1.165) is 0 Å². The minimum Gasteiger partial charge on any atom is -0.0622 e. The Hall–Kier alpha value is -8.84. The first-order valence-corrected chi connectivity index (χ1v) is 23.7. The van der Waals surface area contributed by atoms with Crippen LogP contribution in [-0.2, 0) is 0 Å². The summed E-state index contributed by atoms with van der Waals surface area (Å²) in [5, 5.41) is 17.7. The lowest BCUT2D eigenvalue weighted by Crippen LogP contribution is -1.95. The number of hydrogen-bond donors (Lipinski definition) is 0. The third-order valence-corrected chi connectivity index (χ3v) is 14.6. The molecule has 0 nitrogen and oxygen atoms in total. The Kier molecular flexibility index (Phi) is 8.69. The highest BCUT2D eigenvalue weighted by atomic mass is 14.3. The largest absolute Gasteiger partial charge is 0.0622 e. The number of fused-ring (bicyclic) bond motifs is 6. The van der Waals surface area contributed by atoms with Gasteiger partial charge < -0.3 is 0 Å². The number of rotatable bonds is 6. The second-order valence-corrected chi connectivity index (χ2v) is 18.3. The van der Waals surface area contributed by atoms with Gasteiger partial charge in [-0.2, -0.15) is 0 Å². The summed E-state index contributed by atoms with van der Waals surface area (Å²) in [4.78, 5) is 0. The molecule has 0 fully saturated rings. The molecule has 14 aromatic carbocycles. The van der Waals surface area contributed by atoms with E-state index in [1.165, 1.54) is 142 Å². The van der Waals surface area contributed by atoms with Crippen LogP contribution in [0.5, 0.6) is 0 Å². The summed E-state index contributed by atoms with van der Waals surface area (Å²) in [5.74, 6) is 0. The molecule has 0 aliphatic rings. The van der Waals surface area contributed by atoms with E-state index in [9.17, 15) is 0 Å². The lowest BCUT2D eigenvalue weighted by Gasteiger charge is -2.23. The van der Waals surface area contributed by atoms with Crippen LogP contribution < -0.4 is 0 Å². The zero-order chi connectivity index (χ0) is 44.7. The van der Waals surface area contributed by atoms with E-state index in [2.05, 4.69) is 255 Å². The van der Waals surface area contributed by atoms with Crippen molar-refractivity contribution in [2.45, 2.75) is 0 Å². The number of hydrogen-bond acceptors (Lipinski definition) is 0. The Morgan fingerprint density at radius 1 is 0.147 bits per heavy atom. The monoisotopic (exact) mass is 858 g/mol. The fourth-order valence-corrected chi connectivity index (χ4v) is 11.5. The van der Waals surface area contributed by atoms with Crippen molar-refractivity contribution in [1.82, 2.24) is 0 Å². The summed E-state index contributed by atoms with van der Waals surface area (Å²) >= 11 is 0. The van der Waals surface area contributed by atoms with Gasteiger partial charge in [0.2, 0.25) is 0 Å². The fourth-order valence-electron chi connectivity index (χ4n) is 11.5. The van der Waals surface area contributed by atoms with Gasteiger partial charge in [0.05, 0.1) is 0 Å². The molecule has 0 atom stereocenters. The summed E-state index contributed by atoms with van der Waals surface area (Å²) in [7, 11) is 0. The van der Waals surface area contributed by atoms with E-state index in [4.69, 9.17) is 0 Å². The van der Waals surface area contributed by atoms with E-state index in [1.54, 1.807) is 0 Å². The number of benzene rings is 14. The second kappa shape index (κ2) is 15.4. The molecular formula is C68H42. The first-order valence-electron chi connectivity index (χ1n) is 23.7. The van der Waals surface area contributed by atoms with Crippen molar-refractivity contribution in [2.24, 2.45) is 0 Å². The van der Waals surface area contributed by atoms with E-state index in [-0.39, 0.29) is 0 Å². The topological polar surface area (TPSA) is 0 Å². The zero-order valence-corrected chi connectivity index (χ0v) is 37.2. The van der Waals surface area contributed by atoms with E-state index >= 15 is 0 Å². The summed E-state index contributed by atoms with van der Waals surface area (Å²) in [6.45, 7) is 0. The zero-order valence-electron chi connectivity index (χ0n) is 37.2. The van der Waals surface area contributed by atoms with Gasteiger partial charge in [0.1, 0.15) is 0 Å². The van der Waals surface area contributed by atoms with Gasteiger partial charge in [-0.25, -0.2) is 0 Å². The molecule has 0 aliphatic carbocycles. The predicted octanol–water partition coefficient (Wildman–Crippen LogP) is 19.2. The average Bonchev–Trinajstić information content (AvgIpc) is 3.42. The van der Waals surface area contributed by atoms with Crippen LogP contribution in [0.15, 0.2) is 255 Å². The smallest absolute Gasteiger partial charge is 0.00139 e. The molecule has 68 heavy (non-hydrogen) atoms. The summed E-state index contributed by atoms with van der Waals surface area (Å²) in [6, 6.07) is 95.0. The van der Waals surface area contributed by atoms with Crippen molar-refractivity contribution in [3.05, 3.63) is 255 Å². The first-order chi connectivity index (χ1) is 33.7. The summed E-state index contributed by atoms with van der Waals surface area (Å²) < 4.78 is 0. The molecule has 0 heteroatoms. The van der Waals surface area contributed by atoms with Gasteiger partial charge in [0.15, 0.2) is 0 Å². The first kappa shape index (κ1) is 38.4. The van der Waals surface area contributed by atoms with Crippen molar-refractivity contribution >= 4 is 75.4 Å². The van der Waals surface area contributed by atoms with E-state index in [0.29, 0.717) is 0 Å². The van der Waals surface area contributed by atoms with Crippen molar-refractivity contribution in [1.29, 1.82) is 0 Å². The Morgan fingerprint density at radius 2 is 0.456 bits per heavy atom. The van der Waals surface area contributed by atoms with Gasteiger partial charge in [-0.15, -0.1) is 0 Å². The molecule has 14 rings (SSSR count). The highest BCUT2D eigenvalue weighted by Crippen LogP contribution is 2.51. The van der Waals surface area contributed by atoms with Crippen LogP contribution >= 0.6 is 0 Å². The Labute approximate surface area is 395 Å². The molecule has 0 unspecified atom stereocenters. The molecular weight excluding hydrogens is 817 g/mol. The van der Waals surface area contributed by atoms with Crippen molar-refractivity contribution < 1.29 is 0 Å². The molecule has 0 spiro atoms. The molecule has 0 aromatic heterocycles. The molecule has 0 bridgehead atoms. The molecule has 14 aromatic rings. The van der Waals surface area contributed by atoms with Gasteiger partial charge >= 0.3 is 0 Å². The van der Waals surface area contributed by atoms with Gasteiger partial charge in [-0.1, -0.05) is 218 Å². The second-order valence-electron chi connectivity index (χ2n) is 18.3. The fraction of sp³-hybridized carbons (Fsp3) is 0. The Balaban J connectivity index is 1.16. The molecule has 314 valence electrons. The van der Waals surface area contributed by atoms with Gasteiger partial charge in [0, 0.05) is 0 Å². The SMILES string of the molecule is c1ccc(-c2cccc(-c3cc(-c4cc5ccccc5c5ccccc45)c4ccc5c(-c6cccc(-c7ccccc7)c6)cc(-c6cc7ccccc7c7ccccc67)c6ccc3c4c56)c2)cc1. The molecule has 0 radical (unpaired) electrons. The summed E-state index contributed by atoms with van der Waals surface area (Å²) in [5.41, 5.74) is 14.7. The van der Waals surface area contributed by atoms with Gasteiger partial charge in [-0.3, -0.25) is 0 Å². The van der Waals surface area contributed by atoms with Gasteiger partial charge in [-0.05, 0) is 179 Å². The van der Waals surface area contributed by atoms with E-state index < -0.39 is 0 Å². The molecule has 0 N–H and O–H groups in total. The predicted molar refractivity (Wildman–Crippen MR) is 293 cm³/mol. The van der Waals surface area contributed by atoms with Gasteiger partial charge in [0.25, 0.3) is 0 Å². The van der Waals surface area contributed by atoms with Crippen LogP contribution in [0.2, 0.25) is 0 Å². The molecule has 0 saturated heterocycles. The van der Waals surface area contributed by atoms with Crippen molar-refractivity contribution in [2.75, 3.05) is 0 Å². The standard InChI is InChI=1S/C68H42/c1-3-17-43(18-4-1)45-23-15-25-47(37-45)61-41-65(63-39-49-21-7-9-27-51(49)53-29-11-13-31-55(53)63)59-36-34-58-62(48-26-16-24-46(38-48)44-19-5-2-6-20-44)42-66(60-35-33-57(61)67(59)68(58)60)64-40-50-22-8-10-28-52(50)54-30-12-14-32-56(54)64/h1-42H. The third kappa shape index (κ3) is 6.01. The average molecular weight is 859 g/mol. The van der Waals surface area contributed by atoms with Crippen molar-refractivity contribution in [3.63, 3.8) is 0 Å². The lowest BCUT2D eigenvalue weighted by atomic mass is 9.80. The van der Waals surface area contributed by atoms with Crippen LogP contribution in [0, 0.1) is 0 Å². The lowest BCUT2D eigenvalue weighted by molar-refractivity contribution is 1.60. The van der Waals surface area contributed by atoms with Crippen LogP contribution in [0.1, 0.15) is 0 Å². The minimum atomic E-state index is 1.20. The summed E-state index contributed by atoms with van der Waals surface area (Å²) in [6.07, 6.45) is 0. The van der Waals surface area contributed by atoms with Crippen LogP contribution in [0.25, 0.3) is 142 Å². The maximum absolute atomic E-state index is 2.49. The van der Waals surface area contributed by atoms with Crippen LogP contribution in [0.4, 0.5) is 0 Å². The normalized spacial score (nSPS) is 11.8. The maximum Gasteiger partial charge on any atom is -0.00139 e. The highest BCUT2D eigenvalue weighted by Gasteiger charge is 2.23. The third-order valence-electron chi connectivity index (χ3n) is 14.6. The minimum absolute atomic E-state index is 1.20. The molecule has 0 heterocycles. The van der Waals surface area contributed by atoms with Crippen molar-refractivity contribution in [3.8, 4) is 66.8 Å². The maximum atomic E-state index is 2.49. The van der Waals surface area contributed by atoms with Crippen LogP contribution in [-0.4, -0.2) is 0 Å². The highest BCUT2D eigenvalue weighted by molar-refractivity contribution is 6.33. The molecule has 0 amide bonds. The molecule has 0 aliphatic heterocycles. The van der Waals surface area contributed by atoms with Crippen LogP contribution in [0.3, 0.4) is 0 Å². The Bertz CT molecular complexity index is 4010. The molecule has 0 saturated carbocycles. The quantitative estimate of drug-likeness (QED) is 0.146.